The molecule has 0 amide bonds. The van der Waals surface area contributed by atoms with Crippen LogP contribution in [0, 0.1) is 62.1 Å². The molecule has 3 unspecified atom stereocenters. The number of nitrogens with zero attached hydrogens (tertiary/aromatic N) is 3. The fraction of sp³-hybridized carbons (Fsp3) is 0.667. The van der Waals surface area contributed by atoms with E-state index in [2.05, 4.69) is 38.7 Å². The minimum atomic E-state index is -0.664. The number of aromatic nitrogens is 2. The number of hydrogen-bond donors (Lipinski definition) is 0. The number of fused-ring (bicyclic) bond motifs is 7. The van der Waals surface area contributed by atoms with Gasteiger partial charge in [0, 0.05) is 29.1 Å². The zero-order valence-corrected chi connectivity index (χ0v) is 24.2. The smallest absolute Gasteiger partial charge is 0.238 e. The van der Waals surface area contributed by atoms with Gasteiger partial charge in [0.25, 0.3) is 0 Å². The highest BCUT2D eigenvalue weighted by Crippen LogP contribution is 2.70. The molecule has 1 aromatic heterocycles. The second kappa shape index (κ2) is 8.12. The Kier molecular flexibility index (Phi) is 5.50. The lowest BCUT2D eigenvalue weighted by atomic mass is 9.38. The molecule has 0 saturated heterocycles. The Morgan fingerprint density at radius 1 is 1.03 bits per heavy atom. The van der Waals surface area contributed by atoms with Crippen molar-refractivity contribution in [1.82, 2.24) is 9.55 Å². The SMILES string of the molecule is CC1(C)CC[C@]2(C(=O)n3ccnc3)CCC3C(C(=O)C=C4[C@@]3(C)CC[C@H]3C(C)(C)C(=O)C(C#N)=C[C@]43C)C2C1. The Hall–Kier alpha value is -2.81. The maximum atomic E-state index is 14.4. The van der Waals surface area contributed by atoms with Crippen LogP contribution in [0.3, 0.4) is 0 Å². The molecule has 3 saturated carbocycles. The number of carbonyl (C=O) groups is 3. The van der Waals surface area contributed by atoms with Gasteiger partial charge in [0.15, 0.2) is 11.6 Å². The van der Waals surface area contributed by atoms with Crippen molar-refractivity contribution in [2.24, 2.45) is 50.7 Å². The van der Waals surface area contributed by atoms with Crippen LogP contribution in [0.5, 0.6) is 0 Å². The lowest BCUT2D eigenvalue weighted by Gasteiger charge is -2.64. The number of nitriles is 1. The third-order valence-corrected chi connectivity index (χ3v) is 12.2. The lowest BCUT2D eigenvalue weighted by Crippen LogP contribution is -2.62. The van der Waals surface area contributed by atoms with Gasteiger partial charge in [0.1, 0.15) is 12.4 Å². The molecule has 0 bridgehead atoms. The van der Waals surface area contributed by atoms with E-state index in [0.29, 0.717) is 0 Å². The van der Waals surface area contributed by atoms with Crippen molar-refractivity contribution in [1.29, 1.82) is 5.26 Å². The minimum absolute atomic E-state index is 0.0165. The first kappa shape index (κ1) is 26.4. The number of ketones is 2. The predicted octanol–water partition coefficient (Wildman–Crippen LogP) is 6.35. The summed E-state index contributed by atoms with van der Waals surface area (Å²) < 4.78 is 1.64. The predicted molar refractivity (Wildman–Crippen MR) is 147 cm³/mol. The highest BCUT2D eigenvalue weighted by atomic mass is 16.2. The number of carbonyl (C=O) groups excluding carboxylic acids is 3. The number of imidazole rings is 1. The summed E-state index contributed by atoms with van der Waals surface area (Å²) in [5.41, 5.74) is -0.563. The van der Waals surface area contributed by atoms with E-state index in [1.807, 2.05) is 26.0 Å². The van der Waals surface area contributed by atoms with Crippen LogP contribution in [-0.2, 0) is 9.59 Å². The van der Waals surface area contributed by atoms with Crippen LogP contribution in [0.4, 0.5) is 0 Å². The molecular weight excluding hydrogens is 486 g/mol. The summed E-state index contributed by atoms with van der Waals surface area (Å²) in [6, 6.07) is 2.17. The van der Waals surface area contributed by atoms with E-state index in [1.54, 1.807) is 23.3 Å². The van der Waals surface area contributed by atoms with Crippen molar-refractivity contribution >= 4 is 17.5 Å². The minimum Gasteiger partial charge on any atom is -0.295 e. The van der Waals surface area contributed by atoms with E-state index in [1.165, 1.54) is 0 Å². The molecule has 0 N–H and O–H groups in total. The summed E-state index contributed by atoms with van der Waals surface area (Å²) in [7, 11) is 0. The second-order valence-electron chi connectivity index (χ2n) is 15.0. The molecule has 0 aliphatic heterocycles. The van der Waals surface area contributed by atoms with Crippen LogP contribution in [0.2, 0.25) is 0 Å². The van der Waals surface area contributed by atoms with Crippen molar-refractivity contribution in [2.45, 2.75) is 86.5 Å². The van der Waals surface area contributed by atoms with Crippen LogP contribution in [0.25, 0.3) is 0 Å². The number of allylic oxidation sites excluding steroid dienone is 4. The molecule has 39 heavy (non-hydrogen) atoms. The quantitative estimate of drug-likeness (QED) is 0.424. The van der Waals surface area contributed by atoms with Crippen LogP contribution in [0.1, 0.15) is 91.3 Å². The van der Waals surface area contributed by atoms with Gasteiger partial charge >= 0.3 is 0 Å². The van der Waals surface area contributed by atoms with E-state index < -0.39 is 16.2 Å². The van der Waals surface area contributed by atoms with E-state index in [9.17, 15) is 19.6 Å². The highest BCUT2D eigenvalue weighted by molar-refractivity contribution is 6.04. The van der Waals surface area contributed by atoms with Crippen LogP contribution >= 0.6 is 0 Å². The fourth-order valence-corrected chi connectivity index (χ4v) is 10.3. The molecule has 7 atom stereocenters. The summed E-state index contributed by atoms with van der Waals surface area (Å²) in [6.07, 6.45) is 14.8. The molecular formula is C33H41N3O3. The Morgan fingerprint density at radius 2 is 1.77 bits per heavy atom. The van der Waals surface area contributed by atoms with Gasteiger partial charge in [-0.2, -0.15) is 5.26 Å². The Morgan fingerprint density at radius 3 is 2.44 bits per heavy atom. The van der Waals surface area contributed by atoms with Gasteiger partial charge in [-0.1, -0.05) is 53.2 Å². The molecule has 5 aliphatic carbocycles. The topological polar surface area (TPSA) is 92.8 Å². The molecule has 1 heterocycles. The van der Waals surface area contributed by atoms with Crippen molar-refractivity contribution in [3.05, 3.63) is 42.0 Å². The third-order valence-electron chi connectivity index (χ3n) is 12.2. The van der Waals surface area contributed by atoms with Gasteiger partial charge < -0.3 is 0 Å². The summed E-state index contributed by atoms with van der Waals surface area (Å²) in [6.45, 7) is 13.0. The molecule has 206 valence electrons. The van der Waals surface area contributed by atoms with Crippen LogP contribution < -0.4 is 0 Å². The van der Waals surface area contributed by atoms with E-state index in [4.69, 9.17) is 0 Å². The Bertz CT molecular complexity index is 1370. The van der Waals surface area contributed by atoms with Gasteiger partial charge in [-0.15, -0.1) is 0 Å². The highest BCUT2D eigenvalue weighted by Gasteiger charge is 2.67. The van der Waals surface area contributed by atoms with E-state index in [-0.39, 0.29) is 57.5 Å². The van der Waals surface area contributed by atoms with E-state index in [0.717, 1.165) is 50.5 Å². The Labute approximate surface area is 231 Å². The number of rotatable bonds is 1. The number of hydrogen-bond acceptors (Lipinski definition) is 5. The average Bonchev–Trinajstić information content (AvgIpc) is 3.41. The standard InChI is InChI=1S/C33H41N3O3/c1-29(2)11-12-33(28(39)36-14-13-35-19-36)10-7-21-26(22(33)17-29)23(37)15-25-31(21,5)9-8-24-30(3,4)27(38)20(18-34)16-32(24,25)6/h13-16,19,21-22,24,26H,7-12,17H2,1-6H3/t21?,22?,24-,26?,31-,32-,33+/m0/s1. The summed E-state index contributed by atoms with van der Waals surface area (Å²) in [4.78, 5) is 45.8. The van der Waals surface area contributed by atoms with Crippen LogP contribution in [0.15, 0.2) is 42.0 Å². The lowest BCUT2D eigenvalue weighted by molar-refractivity contribution is -0.143. The van der Waals surface area contributed by atoms with Crippen molar-refractivity contribution in [3.8, 4) is 6.07 Å². The molecule has 0 spiro atoms. The van der Waals surface area contributed by atoms with E-state index >= 15 is 0 Å². The first-order valence-corrected chi connectivity index (χ1v) is 14.7. The monoisotopic (exact) mass is 527 g/mol. The van der Waals surface area contributed by atoms with Gasteiger partial charge in [-0.25, -0.2) is 4.98 Å². The second-order valence-corrected chi connectivity index (χ2v) is 15.0. The maximum absolute atomic E-state index is 14.4. The van der Waals surface area contributed by atoms with Gasteiger partial charge in [0.2, 0.25) is 5.91 Å². The first-order valence-electron chi connectivity index (χ1n) is 14.7. The zero-order chi connectivity index (χ0) is 28.2. The third kappa shape index (κ3) is 3.37. The zero-order valence-electron chi connectivity index (χ0n) is 24.2. The average molecular weight is 528 g/mol. The molecule has 6 rings (SSSR count). The largest absolute Gasteiger partial charge is 0.295 e. The normalized spacial score (nSPS) is 42.1. The van der Waals surface area contributed by atoms with Crippen molar-refractivity contribution < 1.29 is 14.4 Å². The van der Waals surface area contributed by atoms with Crippen molar-refractivity contribution in [3.63, 3.8) is 0 Å². The molecule has 6 nitrogen and oxygen atoms in total. The molecule has 6 heteroatoms. The molecule has 1 aromatic rings. The molecule has 0 radical (unpaired) electrons. The van der Waals surface area contributed by atoms with Gasteiger partial charge in [-0.05, 0) is 79.6 Å². The summed E-state index contributed by atoms with van der Waals surface area (Å²) in [5, 5.41) is 9.87. The molecule has 3 fully saturated rings. The number of Topliss-reactive ketones (excluding diaryl/α,β-unsaturated/α-hetero) is 1. The molecule has 0 aromatic carbocycles. The van der Waals surface area contributed by atoms with Gasteiger partial charge in [0.05, 0.1) is 11.0 Å². The summed E-state index contributed by atoms with van der Waals surface area (Å²) >= 11 is 0. The van der Waals surface area contributed by atoms with Crippen molar-refractivity contribution in [2.75, 3.05) is 0 Å². The Balaban J connectivity index is 1.49. The molecule has 5 aliphatic rings. The maximum Gasteiger partial charge on any atom is 0.238 e. The fourth-order valence-electron chi connectivity index (χ4n) is 10.3. The first-order chi connectivity index (χ1) is 18.2. The van der Waals surface area contributed by atoms with Crippen LogP contribution in [-0.4, -0.2) is 27.0 Å². The van der Waals surface area contributed by atoms with Gasteiger partial charge in [-0.3, -0.25) is 19.0 Å². The summed E-state index contributed by atoms with van der Waals surface area (Å²) in [5.74, 6) is 0.121.